The lowest BCUT2D eigenvalue weighted by Crippen LogP contribution is -2.33. The van der Waals surface area contributed by atoms with Crippen LogP contribution in [-0.2, 0) is 12.0 Å². The summed E-state index contributed by atoms with van der Waals surface area (Å²) in [6, 6.07) is 34.2. The molecule has 0 N–H and O–H groups in total. The molecular formula is C37H34N3OS+. The Balaban J connectivity index is 1.40. The maximum atomic E-state index is 13.7. The number of aromatic nitrogens is 2. The lowest BCUT2D eigenvalue weighted by molar-refractivity contribution is -0.432. The van der Waals surface area contributed by atoms with Gasteiger partial charge in [-0.25, -0.2) is 0 Å². The van der Waals surface area contributed by atoms with Gasteiger partial charge in [0, 0.05) is 40.7 Å². The number of thiazole rings is 1. The van der Waals surface area contributed by atoms with Crippen molar-refractivity contribution in [1.82, 2.24) is 9.13 Å². The van der Waals surface area contributed by atoms with Crippen molar-refractivity contribution in [2.24, 2.45) is 0 Å². The van der Waals surface area contributed by atoms with Crippen LogP contribution in [0.15, 0.2) is 102 Å². The SMILES string of the molecule is CCn1c(=O)/c(=C\c2ccc3c(c2)c2ccccc2n3-c2ccccc2)s/c1=C\C1=[N+](CC)c2ccccc2C1(C)C. The smallest absolute Gasteiger partial charge is 0.269 e. The van der Waals surface area contributed by atoms with Crippen LogP contribution in [0.3, 0.4) is 0 Å². The Bertz CT molecular complexity index is 2210. The number of rotatable bonds is 5. The standard InChI is InChI=1S/C37H34N3OS/c1-5-38-32-19-13-11-17-29(32)37(3,4)34(38)24-35-39(6-2)36(41)33(42-35)23-25-20-21-31-28(22-25)27-16-10-12-18-30(27)40(31)26-14-8-7-9-15-26/h7-24H,5-6H2,1-4H3/q+1/b33-23+. The average Bonchev–Trinajstić information content (AvgIpc) is 3.58. The van der Waals surface area contributed by atoms with Crippen LogP contribution in [0.1, 0.15) is 38.8 Å². The molecule has 0 bridgehead atoms. The molecule has 1 aliphatic rings. The predicted octanol–water partition coefficient (Wildman–Crippen LogP) is 6.73. The van der Waals surface area contributed by atoms with Crippen LogP contribution in [0.2, 0.25) is 0 Å². The minimum absolute atomic E-state index is 0.0672. The topological polar surface area (TPSA) is 29.9 Å². The minimum Gasteiger partial charge on any atom is -0.309 e. The molecule has 2 aromatic heterocycles. The molecule has 3 heterocycles. The third-order valence-corrected chi connectivity index (χ3v) is 9.70. The minimum atomic E-state index is -0.146. The quantitative estimate of drug-likeness (QED) is 0.212. The summed E-state index contributed by atoms with van der Waals surface area (Å²) in [6.07, 6.45) is 4.30. The van der Waals surface area contributed by atoms with Gasteiger partial charge >= 0.3 is 0 Å². The van der Waals surface area contributed by atoms with E-state index in [0.717, 1.165) is 32.5 Å². The zero-order valence-electron chi connectivity index (χ0n) is 24.5. The highest BCUT2D eigenvalue weighted by atomic mass is 32.1. The van der Waals surface area contributed by atoms with E-state index in [0.29, 0.717) is 6.54 Å². The summed E-state index contributed by atoms with van der Waals surface area (Å²) in [6.45, 7) is 10.3. The molecule has 6 aromatic rings. The van der Waals surface area contributed by atoms with E-state index in [-0.39, 0.29) is 11.0 Å². The van der Waals surface area contributed by atoms with Crippen molar-refractivity contribution in [2.75, 3.05) is 6.54 Å². The average molecular weight is 569 g/mol. The lowest BCUT2D eigenvalue weighted by atomic mass is 9.81. The summed E-state index contributed by atoms with van der Waals surface area (Å²) in [5.41, 5.74) is 8.24. The summed E-state index contributed by atoms with van der Waals surface area (Å²) in [7, 11) is 0. The highest BCUT2D eigenvalue weighted by Crippen LogP contribution is 2.39. The van der Waals surface area contributed by atoms with Crippen molar-refractivity contribution in [2.45, 2.75) is 39.7 Å². The second-order valence-corrected chi connectivity index (χ2v) is 12.4. The van der Waals surface area contributed by atoms with Crippen LogP contribution in [0.5, 0.6) is 0 Å². The van der Waals surface area contributed by atoms with Crippen LogP contribution in [0, 0.1) is 0 Å². The van der Waals surface area contributed by atoms with E-state index in [9.17, 15) is 4.79 Å². The number of para-hydroxylation sites is 3. The molecule has 0 saturated carbocycles. The van der Waals surface area contributed by atoms with Crippen molar-refractivity contribution in [3.8, 4) is 5.69 Å². The molecule has 1 aliphatic heterocycles. The van der Waals surface area contributed by atoms with E-state index in [1.54, 1.807) is 11.3 Å². The molecule has 0 fully saturated rings. The number of hydrogen-bond acceptors (Lipinski definition) is 2. The molecule has 7 rings (SSSR count). The molecule has 208 valence electrons. The molecule has 4 nitrogen and oxygen atoms in total. The van der Waals surface area contributed by atoms with Crippen molar-refractivity contribution in [3.63, 3.8) is 0 Å². The molecule has 0 spiro atoms. The van der Waals surface area contributed by atoms with Gasteiger partial charge in [0.05, 0.1) is 21.0 Å². The Morgan fingerprint density at radius 2 is 1.52 bits per heavy atom. The van der Waals surface area contributed by atoms with E-state index in [1.807, 2.05) is 10.6 Å². The van der Waals surface area contributed by atoms with Crippen LogP contribution >= 0.6 is 11.3 Å². The zero-order valence-corrected chi connectivity index (χ0v) is 25.3. The third-order valence-electron chi connectivity index (χ3n) is 8.64. The van der Waals surface area contributed by atoms with Gasteiger partial charge in [-0.05, 0) is 69.7 Å². The summed E-state index contributed by atoms with van der Waals surface area (Å²) >= 11 is 1.58. The first kappa shape index (κ1) is 26.4. The van der Waals surface area contributed by atoms with Gasteiger partial charge in [0.15, 0.2) is 5.71 Å². The zero-order chi connectivity index (χ0) is 29.0. The number of benzene rings is 4. The fraction of sp³-hybridized carbons (Fsp3) is 0.189. The Hall–Kier alpha value is -4.48. The second kappa shape index (κ2) is 10.1. The summed E-state index contributed by atoms with van der Waals surface area (Å²) < 4.78 is 8.36. The van der Waals surface area contributed by atoms with E-state index >= 15 is 0 Å². The molecule has 0 aliphatic carbocycles. The number of hydrogen-bond donors (Lipinski definition) is 0. The Morgan fingerprint density at radius 3 is 2.31 bits per heavy atom. The molecule has 0 amide bonds. The molecule has 0 radical (unpaired) electrons. The monoisotopic (exact) mass is 568 g/mol. The highest BCUT2D eigenvalue weighted by Gasteiger charge is 2.43. The van der Waals surface area contributed by atoms with E-state index < -0.39 is 0 Å². The molecular weight excluding hydrogens is 534 g/mol. The van der Waals surface area contributed by atoms with Crippen LogP contribution < -0.4 is 14.8 Å². The molecule has 0 saturated heterocycles. The van der Waals surface area contributed by atoms with Gasteiger partial charge in [-0.3, -0.25) is 9.36 Å². The fourth-order valence-corrected chi connectivity index (χ4v) is 7.70. The highest BCUT2D eigenvalue weighted by molar-refractivity contribution is 7.07. The van der Waals surface area contributed by atoms with Gasteiger partial charge in [0.25, 0.3) is 5.56 Å². The van der Waals surface area contributed by atoms with Gasteiger partial charge in [0.2, 0.25) is 5.69 Å². The predicted molar refractivity (Wildman–Crippen MR) is 177 cm³/mol. The van der Waals surface area contributed by atoms with Crippen LogP contribution in [-0.4, -0.2) is 26.0 Å². The maximum Gasteiger partial charge on any atom is 0.269 e. The van der Waals surface area contributed by atoms with Gasteiger partial charge in [-0.1, -0.05) is 60.7 Å². The Morgan fingerprint density at radius 1 is 0.810 bits per heavy atom. The first-order valence-electron chi connectivity index (χ1n) is 14.7. The second-order valence-electron chi connectivity index (χ2n) is 11.4. The van der Waals surface area contributed by atoms with Gasteiger partial charge in [-0.2, -0.15) is 4.58 Å². The van der Waals surface area contributed by atoms with E-state index in [2.05, 4.69) is 140 Å². The number of nitrogens with zero attached hydrogens (tertiary/aromatic N) is 3. The molecule has 5 heteroatoms. The van der Waals surface area contributed by atoms with Crippen LogP contribution in [0.25, 0.3) is 39.6 Å². The third kappa shape index (κ3) is 4.03. The van der Waals surface area contributed by atoms with Crippen molar-refractivity contribution in [1.29, 1.82) is 0 Å². The van der Waals surface area contributed by atoms with Gasteiger partial charge in [-0.15, -0.1) is 11.3 Å². The van der Waals surface area contributed by atoms with E-state index in [4.69, 9.17) is 0 Å². The largest absolute Gasteiger partial charge is 0.309 e. The van der Waals surface area contributed by atoms with Crippen molar-refractivity contribution >= 4 is 56.7 Å². The normalized spacial score (nSPS) is 15.3. The van der Waals surface area contributed by atoms with Gasteiger partial charge in [0.1, 0.15) is 11.2 Å². The first-order valence-corrected chi connectivity index (χ1v) is 15.5. The molecule has 0 unspecified atom stereocenters. The lowest BCUT2D eigenvalue weighted by Gasteiger charge is -2.15. The van der Waals surface area contributed by atoms with Gasteiger partial charge < -0.3 is 4.57 Å². The fourth-order valence-electron chi connectivity index (χ4n) is 6.59. The summed E-state index contributed by atoms with van der Waals surface area (Å²) in [5.74, 6) is 0. The molecule has 0 atom stereocenters. The number of fused-ring (bicyclic) bond motifs is 4. The maximum absolute atomic E-state index is 13.7. The van der Waals surface area contributed by atoms with Crippen molar-refractivity contribution < 1.29 is 4.58 Å². The Labute approximate surface area is 249 Å². The van der Waals surface area contributed by atoms with Crippen molar-refractivity contribution in [3.05, 3.63) is 128 Å². The first-order chi connectivity index (χ1) is 20.4. The molecule has 42 heavy (non-hydrogen) atoms. The van der Waals surface area contributed by atoms with E-state index in [1.165, 1.54) is 33.3 Å². The van der Waals surface area contributed by atoms with Crippen LogP contribution in [0.4, 0.5) is 5.69 Å². The Kier molecular flexibility index (Phi) is 6.36. The summed E-state index contributed by atoms with van der Waals surface area (Å²) in [4.78, 5) is 13.7. The molecule has 4 aromatic carbocycles. The summed E-state index contributed by atoms with van der Waals surface area (Å²) in [5, 5.41) is 2.39.